The topological polar surface area (TPSA) is 90.9 Å². The van der Waals surface area contributed by atoms with E-state index in [1.807, 2.05) is 11.8 Å². The first-order valence-electron chi connectivity index (χ1n) is 13.3. The molecule has 9 nitrogen and oxygen atoms in total. The number of hydrogen-bond acceptors (Lipinski definition) is 7. The first-order chi connectivity index (χ1) is 18.0. The van der Waals surface area contributed by atoms with E-state index >= 15 is 0 Å². The fraction of sp³-hybridized carbons (Fsp3) is 0.500. The van der Waals surface area contributed by atoms with Gasteiger partial charge in [-0.25, -0.2) is 9.78 Å². The molecule has 0 unspecified atom stereocenters. The Morgan fingerprint density at radius 1 is 1.19 bits per heavy atom. The van der Waals surface area contributed by atoms with Crippen LogP contribution in [-0.2, 0) is 16.1 Å². The van der Waals surface area contributed by atoms with Crippen molar-refractivity contribution in [1.29, 1.82) is 0 Å². The molecule has 1 N–H and O–H groups in total. The monoisotopic (exact) mass is 504 g/mol. The van der Waals surface area contributed by atoms with Crippen LogP contribution in [0.15, 0.2) is 43.1 Å². The number of nitrogens with one attached hydrogen (secondary N) is 1. The van der Waals surface area contributed by atoms with Crippen molar-refractivity contribution in [1.82, 2.24) is 19.8 Å². The summed E-state index contributed by atoms with van der Waals surface area (Å²) in [6.45, 7) is 11.6. The van der Waals surface area contributed by atoms with E-state index in [9.17, 15) is 9.59 Å². The summed E-state index contributed by atoms with van der Waals surface area (Å²) in [7, 11) is 0. The minimum absolute atomic E-state index is 0.00642. The largest absolute Gasteiger partial charge is 0.444 e. The molecule has 0 spiro atoms. The third-order valence-corrected chi connectivity index (χ3v) is 7.65. The van der Waals surface area contributed by atoms with Gasteiger partial charge in [-0.3, -0.25) is 14.6 Å². The molecule has 2 aromatic rings. The molecule has 2 aliphatic heterocycles. The highest BCUT2D eigenvalue weighted by Gasteiger charge is 2.32. The van der Waals surface area contributed by atoms with Crippen molar-refractivity contribution in [3.05, 3.63) is 59.8 Å². The lowest BCUT2D eigenvalue weighted by Gasteiger charge is -2.39. The number of ether oxygens (including phenoxy) is 1. The van der Waals surface area contributed by atoms with Crippen LogP contribution in [0.25, 0.3) is 0 Å². The van der Waals surface area contributed by atoms with E-state index in [1.165, 1.54) is 35.8 Å². The van der Waals surface area contributed by atoms with Crippen LogP contribution < -0.4 is 10.2 Å². The van der Waals surface area contributed by atoms with Crippen molar-refractivity contribution in [3.63, 3.8) is 0 Å². The number of fused-ring (bicyclic) bond motifs is 1. The summed E-state index contributed by atoms with van der Waals surface area (Å²) in [5.41, 5.74) is 3.28. The molecule has 196 valence electrons. The van der Waals surface area contributed by atoms with Crippen LogP contribution in [0.5, 0.6) is 0 Å². The van der Waals surface area contributed by atoms with Gasteiger partial charge < -0.3 is 15.0 Å². The standard InChI is InChI=1S/C28H36N6O3/c1-4-25(35)33-14-12-32(13-15-33)24(16-20-6-7-20)22-10-8-21(9-11-22)19(3)30-27-29-17-23-18-37-28(36)34(5-2)26(23)31-27/h4,8-11,17,19-20,24H,1,5-7,12-16,18H2,2-3H3,(H,29,30,31)/t19-,24-/m0/s1. The Labute approximate surface area is 218 Å². The fourth-order valence-electron chi connectivity index (χ4n) is 5.22. The Hall–Kier alpha value is -3.46. The predicted molar refractivity (Wildman–Crippen MR) is 142 cm³/mol. The van der Waals surface area contributed by atoms with Gasteiger partial charge in [0.25, 0.3) is 0 Å². The van der Waals surface area contributed by atoms with Gasteiger partial charge in [-0.1, -0.05) is 43.7 Å². The average Bonchev–Trinajstić information content (AvgIpc) is 3.76. The first kappa shape index (κ1) is 25.2. The van der Waals surface area contributed by atoms with Gasteiger partial charge in [0.05, 0.1) is 11.6 Å². The number of piperazine rings is 1. The van der Waals surface area contributed by atoms with Crippen molar-refractivity contribution in [2.75, 3.05) is 42.9 Å². The minimum atomic E-state index is -0.377. The third-order valence-electron chi connectivity index (χ3n) is 7.65. The molecule has 1 aliphatic carbocycles. The second-order valence-corrected chi connectivity index (χ2v) is 10.1. The quantitative estimate of drug-likeness (QED) is 0.509. The molecular weight excluding hydrogens is 468 g/mol. The van der Waals surface area contributed by atoms with E-state index in [4.69, 9.17) is 4.74 Å². The zero-order valence-electron chi connectivity index (χ0n) is 21.7. The molecule has 0 radical (unpaired) electrons. The number of amides is 2. The van der Waals surface area contributed by atoms with Crippen LogP contribution in [0.3, 0.4) is 0 Å². The summed E-state index contributed by atoms with van der Waals surface area (Å²) in [6, 6.07) is 9.20. The van der Waals surface area contributed by atoms with Crippen LogP contribution in [-0.4, -0.2) is 64.5 Å². The molecule has 2 atom stereocenters. The van der Waals surface area contributed by atoms with Crippen molar-refractivity contribution >= 4 is 23.8 Å². The van der Waals surface area contributed by atoms with E-state index in [2.05, 4.69) is 58.0 Å². The molecule has 37 heavy (non-hydrogen) atoms. The molecule has 1 aromatic carbocycles. The van der Waals surface area contributed by atoms with Crippen molar-refractivity contribution in [2.45, 2.75) is 51.8 Å². The summed E-state index contributed by atoms with van der Waals surface area (Å²) in [5.74, 6) is 1.92. The van der Waals surface area contributed by atoms with E-state index in [0.717, 1.165) is 43.2 Å². The number of cyclic esters (lactones) is 1. The highest BCUT2D eigenvalue weighted by atomic mass is 16.6. The Kier molecular flexibility index (Phi) is 7.41. The fourth-order valence-corrected chi connectivity index (χ4v) is 5.22. The SMILES string of the molecule is C=CC(=O)N1CCN([C@@H](CC2CC2)c2ccc([C@H](C)Nc3ncc4c(n3)N(CC)C(=O)OC4)cc2)CC1. The number of aromatic nitrogens is 2. The van der Waals surface area contributed by atoms with Gasteiger partial charge in [0.1, 0.15) is 12.4 Å². The van der Waals surface area contributed by atoms with Crippen molar-refractivity contribution < 1.29 is 14.3 Å². The third kappa shape index (κ3) is 5.61. The Bertz CT molecular complexity index is 1140. The zero-order chi connectivity index (χ0) is 25.9. The molecule has 2 fully saturated rings. The Morgan fingerprint density at radius 2 is 1.89 bits per heavy atom. The molecule has 2 amide bonds. The molecule has 1 saturated carbocycles. The maximum Gasteiger partial charge on any atom is 0.415 e. The van der Waals surface area contributed by atoms with Crippen LogP contribution in [0.1, 0.15) is 61.9 Å². The summed E-state index contributed by atoms with van der Waals surface area (Å²) in [5, 5.41) is 3.39. The Morgan fingerprint density at radius 3 is 2.54 bits per heavy atom. The number of rotatable bonds is 9. The van der Waals surface area contributed by atoms with Crippen molar-refractivity contribution in [2.24, 2.45) is 5.92 Å². The van der Waals surface area contributed by atoms with E-state index < -0.39 is 0 Å². The van der Waals surface area contributed by atoms with Gasteiger partial charge in [0.15, 0.2) is 0 Å². The number of carbonyl (C=O) groups is 2. The lowest BCUT2D eigenvalue weighted by atomic mass is 9.96. The lowest BCUT2D eigenvalue weighted by molar-refractivity contribution is -0.128. The molecule has 0 bridgehead atoms. The number of carbonyl (C=O) groups excluding carboxylic acids is 2. The lowest BCUT2D eigenvalue weighted by Crippen LogP contribution is -2.49. The summed E-state index contributed by atoms with van der Waals surface area (Å²) in [6.07, 6.45) is 6.56. The summed E-state index contributed by atoms with van der Waals surface area (Å²) < 4.78 is 5.18. The highest BCUT2D eigenvalue weighted by molar-refractivity contribution is 5.89. The molecule has 5 rings (SSSR count). The molecule has 3 heterocycles. The Balaban J connectivity index is 1.26. The number of anilines is 2. The second-order valence-electron chi connectivity index (χ2n) is 10.1. The van der Waals surface area contributed by atoms with Crippen LogP contribution >= 0.6 is 0 Å². The van der Waals surface area contributed by atoms with Crippen LogP contribution in [0, 0.1) is 5.92 Å². The van der Waals surface area contributed by atoms with Crippen LogP contribution in [0.4, 0.5) is 16.6 Å². The predicted octanol–water partition coefficient (Wildman–Crippen LogP) is 4.30. The summed E-state index contributed by atoms with van der Waals surface area (Å²) in [4.78, 5) is 39.1. The van der Waals surface area contributed by atoms with Gasteiger partial charge in [0, 0.05) is 45.0 Å². The number of hydrogen-bond donors (Lipinski definition) is 1. The zero-order valence-corrected chi connectivity index (χ0v) is 21.7. The second kappa shape index (κ2) is 10.9. The van der Waals surface area contributed by atoms with Gasteiger partial charge in [-0.05, 0) is 43.4 Å². The molecule has 1 aromatic heterocycles. The van der Waals surface area contributed by atoms with Gasteiger partial charge >= 0.3 is 6.09 Å². The van der Waals surface area contributed by atoms with E-state index in [1.54, 1.807) is 6.20 Å². The maximum atomic E-state index is 12.1. The minimum Gasteiger partial charge on any atom is -0.444 e. The molecule has 9 heteroatoms. The smallest absolute Gasteiger partial charge is 0.415 e. The maximum absolute atomic E-state index is 12.1. The molecule has 3 aliphatic rings. The van der Waals surface area contributed by atoms with Gasteiger partial charge in [0.2, 0.25) is 11.9 Å². The van der Waals surface area contributed by atoms with Gasteiger partial charge in [-0.2, -0.15) is 4.98 Å². The first-order valence-corrected chi connectivity index (χ1v) is 13.3. The van der Waals surface area contributed by atoms with E-state index in [-0.39, 0.29) is 24.6 Å². The number of benzene rings is 1. The van der Waals surface area contributed by atoms with Crippen molar-refractivity contribution in [3.8, 4) is 0 Å². The molecular formula is C28H36N6O3. The molecule has 1 saturated heterocycles. The normalized spacial score (nSPS) is 19.6. The average molecular weight is 505 g/mol. The van der Waals surface area contributed by atoms with E-state index in [0.29, 0.717) is 24.4 Å². The highest BCUT2D eigenvalue weighted by Crippen LogP contribution is 2.40. The number of nitrogens with zero attached hydrogens (tertiary/aromatic N) is 5. The van der Waals surface area contributed by atoms with Gasteiger partial charge in [-0.15, -0.1) is 0 Å². The summed E-state index contributed by atoms with van der Waals surface area (Å²) >= 11 is 0. The van der Waals surface area contributed by atoms with Crippen LogP contribution in [0.2, 0.25) is 0 Å².